The molecule has 3 rings (SSSR count). The summed E-state index contributed by atoms with van der Waals surface area (Å²) in [6.45, 7) is 4.70. The number of hydrogen-bond acceptors (Lipinski definition) is 4. The van der Waals surface area contributed by atoms with Crippen molar-refractivity contribution in [1.29, 1.82) is 0 Å². The fourth-order valence-corrected chi connectivity index (χ4v) is 3.74. The van der Waals surface area contributed by atoms with E-state index >= 15 is 0 Å². The van der Waals surface area contributed by atoms with E-state index in [4.69, 9.17) is 14.2 Å². The lowest BCUT2D eigenvalue weighted by Crippen LogP contribution is -2.46. The zero-order valence-electron chi connectivity index (χ0n) is 19.2. The van der Waals surface area contributed by atoms with Crippen molar-refractivity contribution >= 4 is 0 Å². The molecule has 0 N–H and O–H groups in total. The Morgan fingerprint density at radius 3 is 2.38 bits per heavy atom. The summed E-state index contributed by atoms with van der Waals surface area (Å²) < 4.78 is 92.7. The minimum Gasteiger partial charge on any atom is -0.494 e. The molecule has 1 aliphatic rings. The van der Waals surface area contributed by atoms with E-state index in [1.54, 1.807) is 19.1 Å². The molecule has 2 unspecified atom stereocenters. The third-order valence-electron chi connectivity index (χ3n) is 5.55. The number of benzene rings is 2. The molecule has 2 aromatic rings. The first-order valence-electron chi connectivity index (χ1n) is 11.4. The van der Waals surface area contributed by atoms with Crippen LogP contribution in [0.2, 0.25) is 0 Å². The Kier molecular flexibility index (Phi) is 9.13. The van der Waals surface area contributed by atoms with Crippen LogP contribution in [0.25, 0.3) is 11.1 Å². The van der Waals surface area contributed by atoms with Gasteiger partial charge in [0.1, 0.15) is 5.75 Å². The summed E-state index contributed by atoms with van der Waals surface area (Å²) in [6.07, 6.45) is -7.02. The van der Waals surface area contributed by atoms with E-state index in [2.05, 4.69) is 4.74 Å². The van der Waals surface area contributed by atoms with Gasteiger partial charge >= 0.3 is 6.11 Å². The van der Waals surface area contributed by atoms with Crippen molar-refractivity contribution in [2.24, 2.45) is 0 Å². The molecule has 2 atom stereocenters. The summed E-state index contributed by atoms with van der Waals surface area (Å²) >= 11 is 0. The Bertz CT molecular complexity index is 912. The van der Waals surface area contributed by atoms with Gasteiger partial charge < -0.3 is 18.9 Å². The van der Waals surface area contributed by atoms with Gasteiger partial charge in [0.25, 0.3) is 6.43 Å². The van der Waals surface area contributed by atoms with Crippen molar-refractivity contribution < 1.29 is 40.9 Å². The van der Waals surface area contributed by atoms with Crippen molar-refractivity contribution in [3.63, 3.8) is 0 Å². The predicted molar refractivity (Wildman–Crippen MR) is 117 cm³/mol. The van der Waals surface area contributed by atoms with E-state index in [9.17, 15) is 22.0 Å². The molecule has 0 amide bonds. The first-order valence-corrected chi connectivity index (χ1v) is 11.4. The van der Waals surface area contributed by atoms with Crippen LogP contribution in [0.3, 0.4) is 0 Å². The number of alkyl halides is 4. The third-order valence-corrected chi connectivity index (χ3v) is 5.55. The van der Waals surface area contributed by atoms with Gasteiger partial charge in [-0.25, -0.2) is 13.2 Å². The lowest BCUT2D eigenvalue weighted by Gasteiger charge is -2.33. The van der Waals surface area contributed by atoms with Crippen LogP contribution in [0.1, 0.15) is 51.5 Å². The van der Waals surface area contributed by atoms with Gasteiger partial charge in [0.2, 0.25) is 0 Å². The maximum absolute atomic E-state index is 15.0. The van der Waals surface area contributed by atoms with Gasteiger partial charge in [-0.2, -0.15) is 8.78 Å². The van der Waals surface area contributed by atoms with Gasteiger partial charge in [-0.05, 0) is 61.6 Å². The minimum absolute atomic E-state index is 0.0468. The normalized spacial score (nSPS) is 18.8. The molecule has 188 valence electrons. The number of rotatable bonds is 11. The monoisotopic (exact) mass is 488 g/mol. The fraction of sp³-hybridized carbons (Fsp3) is 0.520. The quantitative estimate of drug-likeness (QED) is 0.248. The molecule has 0 saturated carbocycles. The molecule has 0 bridgehead atoms. The highest BCUT2D eigenvalue weighted by Gasteiger charge is 2.46. The van der Waals surface area contributed by atoms with Crippen molar-refractivity contribution in [2.45, 2.75) is 64.3 Å². The van der Waals surface area contributed by atoms with Crippen LogP contribution in [0, 0.1) is 5.82 Å². The van der Waals surface area contributed by atoms with Crippen LogP contribution in [0.5, 0.6) is 11.5 Å². The van der Waals surface area contributed by atoms with Gasteiger partial charge in [-0.1, -0.05) is 25.5 Å². The number of hydrogen-bond donors (Lipinski definition) is 0. The molecule has 1 fully saturated rings. The van der Waals surface area contributed by atoms with Crippen LogP contribution in [-0.2, 0) is 9.47 Å². The second-order valence-electron chi connectivity index (χ2n) is 8.01. The summed E-state index contributed by atoms with van der Waals surface area (Å²) in [5.41, 5.74) is -0.834. The lowest BCUT2D eigenvalue weighted by molar-refractivity contribution is -0.270. The lowest BCUT2D eigenvalue weighted by atomic mass is 9.98. The maximum Gasteiger partial charge on any atom is 0.424 e. The van der Waals surface area contributed by atoms with Crippen LogP contribution in [0.15, 0.2) is 36.4 Å². The number of ether oxygens (including phenoxy) is 4. The topological polar surface area (TPSA) is 36.9 Å². The Labute approximate surface area is 196 Å². The highest BCUT2D eigenvalue weighted by molar-refractivity contribution is 5.69. The highest BCUT2D eigenvalue weighted by atomic mass is 19.3. The molecule has 0 radical (unpaired) electrons. The van der Waals surface area contributed by atoms with Gasteiger partial charge in [0, 0.05) is 6.61 Å². The van der Waals surface area contributed by atoms with Gasteiger partial charge in [-0.3, -0.25) is 0 Å². The molecular formula is C25H29F5O4. The van der Waals surface area contributed by atoms with Crippen molar-refractivity contribution in [1.82, 2.24) is 0 Å². The van der Waals surface area contributed by atoms with Crippen molar-refractivity contribution in [3.05, 3.63) is 47.8 Å². The van der Waals surface area contributed by atoms with E-state index in [0.29, 0.717) is 30.9 Å². The zero-order valence-corrected chi connectivity index (χ0v) is 19.2. The predicted octanol–water partition coefficient (Wildman–Crippen LogP) is 7.16. The molecular weight excluding hydrogens is 459 g/mol. The van der Waals surface area contributed by atoms with Crippen molar-refractivity contribution in [3.8, 4) is 22.6 Å². The minimum atomic E-state index is -3.91. The molecule has 0 aromatic heterocycles. The average molecular weight is 488 g/mol. The second kappa shape index (κ2) is 11.8. The van der Waals surface area contributed by atoms with Crippen LogP contribution in [0.4, 0.5) is 22.0 Å². The molecule has 9 heteroatoms. The second-order valence-corrected chi connectivity index (χ2v) is 8.01. The van der Waals surface area contributed by atoms with E-state index in [1.165, 1.54) is 12.1 Å². The molecule has 4 nitrogen and oxygen atoms in total. The summed E-state index contributed by atoms with van der Waals surface area (Å²) in [4.78, 5) is 0. The highest BCUT2D eigenvalue weighted by Crippen LogP contribution is 2.40. The SMILES string of the molecule is CCCCOC1CCC(C(F)(F)Oc2ccc(-c3ccc(OCC)cc3)c(C(F)F)c2F)OC1. The van der Waals surface area contributed by atoms with E-state index < -0.39 is 35.8 Å². The molecule has 0 spiro atoms. The summed E-state index contributed by atoms with van der Waals surface area (Å²) in [5, 5.41) is 0. The standard InChI is InChI=1S/C25H29F5O4/c1-3-5-14-32-18-10-13-21(33-15-18)25(29,30)34-20-12-11-19(22(23(20)26)24(27)28)16-6-8-17(9-7-16)31-4-2/h6-9,11-12,18,21,24H,3-5,10,13-15H2,1-2H3. The van der Waals surface area contributed by atoms with Crippen LogP contribution in [-0.4, -0.2) is 38.1 Å². The first-order chi connectivity index (χ1) is 16.3. The van der Waals surface area contributed by atoms with E-state index in [-0.39, 0.29) is 24.7 Å². The Morgan fingerprint density at radius 2 is 1.79 bits per heavy atom. The molecule has 1 heterocycles. The molecule has 34 heavy (non-hydrogen) atoms. The third kappa shape index (κ3) is 6.39. The Morgan fingerprint density at radius 1 is 1.06 bits per heavy atom. The summed E-state index contributed by atoms with van der Waals surface area (Å²) in [6, 6.07) is 8.19. The summed E-state index contributed by atoms with van der Waals surface area (Å²) in [7, 11) is 0. The van der Waals surface area contributed by atoms with Gasteiger partial charge in [0.15, 0.2) is 17.7 Å². The van der Waals surface area contributed by atoms with Crippen LogP contribution >= 0.6 is 0 Å². The Hall–Kier alpha value is -2.39. The van der Waals surface area contributed by atoms with Crippen molar-refractivity contribution in [2.75, 3.05) is 19.8 Å². The Balaban J connectivity index is 1.75. The number of unbranched alkanes of at least 4 members (excludes halogenated alkanes) is 1. The van der Waals surface area contributed by atoms with E-state index in [1.807, 2.05) is 6.92 Å². The fourth-order valence-electron chi connectivity index (χ4n) is 3.74. The summed E-state index contributed by atoms with van der Waals surface area (Å²) in [5.74, 6) is -1.96. The molecule has 0 aliphatic carbocycles. The largest absolute Gasteiger partial charge is 0.494 e. The maximum atomic E-state index is 15.0. The van der Waals surface area contributed by atoms with Gasteiger partial charge in [0.05, 0.1) is 24.9 Å². The molecule has 1 aliphatic heterocycles. The van der Waals surface area contributed by atoms with Gasteiger partial charge in [-0.15, -0.1) is 0 Å². The van der Waals surface area contributed by atoms with E-state index in [0.717, 1.165) is 25.0 Å². The smallest absolute Gasteiger partial charge is 0.424 e. The number of halogens is 5. The average Bonchev–Trinajstić information content (AvgIpc) is 2.81. The van der Waals surface area contributed by atoms with Crippen LogP contribution < -0.4 is 9.47 Å². The molecule has 2 aromatic carbocycles. The molecule has 1 saturated heterocycles. The zero-order chi connectivity index (χ0) is 24.7. The first kappa shape index (κ1) is 26.2.